The summed E-state index contributed by atoms with van der Waals surface area (Å²) in [5.41, 5.74) is 1.05. The van der Waals surface area contributed by atoms with Crippen LogP contribution in [0.2, 0.25) is 0 Å². The van der Waals surface area contributed by atoms with Crippen LogP contribution in [0.1, 0.15) is 25.8 Å². The molecule has 26 heavy (non-hydrogen) atoms. The Balaban J connectivity index is 0.00000625. The summed E-state index contributed by atoms with van der Waals surface area (Å²) < 4.78 is 37.6. The van der Waals surface area contributed by atoms with Gasteiger partial charge in [-0.3, -0.25) is 4.99 Å². The molecule has 150 valence electrons. The first-order valence-electron chi connectivity index (χ1n) is 8.59. The molecular weight excluding hydrogens is 470 g/mol. The number of rotatable bonds is 10. The summed E-state index contributed by atoms with van der Waals surface area (Å²) in [6, 6.07) is 6.45. The molecule has 0 aliphatic carbocycles. The Morgan fingerprint density at radius 2 is 1.85 bits per heavy atom. The van der Waals surface area contributed by atoms with Gasteiger partial charge < -0.3 is 10.6 Å². The fourth-order valence-corrected chi connectivity index (χ4v) is 3.01. The van der Waals surface area contributed by atoms with Crippen LogP contribution in [0.25, 0.3) is 0 Å². The predicted molar refractivity (Wildman–Crippen MR) is 116 cm³/mol. The maximum atomic E-state index is 12.9. The van der Waals surface area contributed by atoms with E-state index in [9.17, 15) is 12.8 Å². The zero-order valence-electron chi connectivity index (χ0n) is 15.7. The lowest BCUT2D eigenvalue weighted by Gasteiger charge is -2.15. The quantitative estimate of drug-likeness (QED) is 0.224. The molecule has 1 rings (SSSR count). The van der Waals surface area contributed by atoms with Gasteiger partial charge in [0.05, 0.1) is 5.75 Å². The van der Waals surface area contributed by atoms with Gasteiger partial charge in [0.15, 0.2) is 5.96 Å². The number of halogens is 2. The summed E-state index contributed by atoms with van der Waals surface area (Å²) in [4.78, 5) is 4.45. The van der Waals surface area contributed by atoms with Crippen LogP contribution in [-0.4, -0.2) is 57.7 Å². The van der Waals surface area contributed by atoms with Crippen molar-refractivity contribution in [1.82, 2.24) is 14.9 Å². The second kappa shape index (κ2) is 13.3. The summed E-state index contributed by atoms with van der Waals surface area (Å²) in [5, 5.41) is 6.38. The second-order valence-electron chi connectivity index (χ2n) is 5.64. The first-order valence-corrected chi connectivity index (χ1v) is 10.2. The molecule has 0 saturated carbocycles. The average molecular weight is 500 g/mol. The Kier molecular flexibility index (Phi) is 12.8. The highest BCUT2D eigenvalue weighted by Crippen LogP contribution is 2.02. The van der Waals surface area contributed by atoms with Gasteiger partial charge in [0.25, 0.3) is 0 Å². The van der Waals surface area contributed by atoms with Crippen LogP contribution < -0.4 is 10.6 Å². The van der Waals surface area contributed by atoms with E-state index in [0.29, 0.717) is 32.0 Å². The van der Waals surface area contributed by atoms with Crippen LogP contribution in [0.4, 0.5) is 4.39 Å². The van der Waals surface area contributed by atoms with Crippen molar-refractivity contribution in [1.29, 1.82) is 0 Å². The number of benzene rings is 1. The van der Waals surface area contributed by atoms with Crippen LogP contribution in [0.15, 0.2) is 29.3 Å². The van der Waals surface area contributed by atoms with Gasteiger partial charge in [0, 0.05) is 33.2 Å². The van der Waals surface area contributed by atoms with E-state index in [0.717, 1.165) is 18.5 Å². The minimum absolute atomic E-state index is 0. The highest BCUT2D eigenvalue weighted by molar-refractivity contribution is 14.0. The average Bonchev–Trinajstić information content (AvgIpc) is 2.60. The largest absolute Gasteiger partial charge is 0.357 e. The van der Waals surface area contributed by atoms with Crippen LogP contribution in [-0.2, 0) is 16.4 Å². The summed E-state index contributed by atoms with van der Waals surface area (Å²) >= 11 is 0. The molecule has 0 amide bonds. The van der Waals surface area contributed by atoms with Crippen LogP contribution in [0.5, 0.6) is 0 Å². The fraction of sp³-hybridized carbons (Fsp3) is 0.588. The molecule has 0 spiro atoms. The molecule has 0 aromatic heterocycles. The zero-order chi connectivity index (χ0) is 18.7. The summed E-state index contributed by atoms with van der Waals surface area (Å²) in [5.74, 6) is 0.577. The van der Waals surface area contributed by atoms with Crippen molar-refractivity contribution < 1.29 is 12.8 Å². The van der Waals surface area contributed by atoms with E-state index >= 15 is 0 Å². The lowest BCUT2D eigenvalue weighted by Crippen LogP contribution is -2.38. The third kappa shape index (κ3) is 9.67. The smallest absolute Gasteiger partial charge is 0.213 e. The Labute approximate surface area is 173 Å². The molecule has 1 aromatic rings. The topological polar surface area (TPSA) is 73.8 Å². The van der Waals surface area contributed by atoms with Crippen molar-refractivity contribution in [2.45, 2.75) is 26.7 Å². The molecule has 0 fully saturated rings. The van der Waals surface area contributed by atoms with Gasteiger partial charge in [0.1, 0.15) is 5.82 Å². The highest BCUT2D eigenvalue weighted by atomic mass is 127. The minimum atomic E-state index is -3.13. The van der Waals surface area contributed by atoms with E-state index in [1.807, 2.05) is 6.92 Å². The first-order chi connectivity index (χ1) is 11.9. The van der Waals surface area contributed by atoms with Crippen LogP contribution in [0.3, 0.4) is 0 Å². The normalized spacial score (nSPS) is 12.0. The van der Waals surface area contributed by atoms with Gasteiger partial charge in [-0.05, 0) is 44.4 Å². The van der Waals surface area contributed by atoms with E-state index in [2.05, 4.69) is 15.6 Å². The third-order valence-corrected chi connectivity index (χ3v) is 5.57. The lowest BCUT2D eigenvalue weighted by molar-refractivity contribution is 0.465. The van der Waals surface area contributed by atoms with Crippen LogP contribution >= 0.6 is 24.0 Å². The van der Waals surface area contributed by atoms with Gasteiger partial charge in [-0.2, -0.15) is 0 Å². The molecule has 0 aliphatic heterocycles. The van der Waals surface area contributed by atoms with E-state index in [1.54, 1.807) is 26.1 Å². The van der Waals surface area contributed by atoms with Crippen molar-refractivity contribution in [3.63, 3.8) is 0 Å². The summed E-state index contributed by atoms with van der Waals surface area (Å²) in [6.45, 7) is 6.04. The van der Waals surface area contributed by atoms with Gasteiger partial charge in [-0.25, -0.2) is 17.1 Å². The molecule has 1 aromatic carbocycles. The number of guanidine groups is 1. The number of aliphatic imine (C=N–C) groups is 1. The molecule has 0 aliphatic rings. The van der Waals surface area contributed by atoms with Crippen molar-refractivity contribution in [3.05, 3.63) is 35.6 Å². The number of hydrogen-bond acceptors (Lipinski definition) is 3. The van der Waals surface area contributed by atoms with Crippen molar-refractivity contribution >= 4 is 40.0 Å². The number of nitrogens with one attached hydrogen (secondary N) is 2. The third-order valence-electron chi connectivity index (χ3n) is 3.70. The van der Waals surface area contributed by atoms with Gasteiger partial charge in [-0.1, -0.05) is 12.1 Å². The molecule has 9 heteroatoms. The van der Waals surface area contributed by atoms with Gasteiger partial charge in [-0.15, -0.1) is 24.0 Å². The first kappa shape index (κ1) is 25.1. The Hall–Kier alpha value is -0.940. The molecule has 0 bridgehead atoms. The molecule has 0 saturated heterocycles. The second-order valence-corrected chi connectivity index (χ2v) is 8.00. The molecule has 0 radical (unpaired) electrons. The maximum absolute atomic E-state index is 12.9. The van der Waals surface area contributed by atoms with Crippen molar-refractivity contribution in [2.24, 2.45) is 4.99 Å². The van der Waals surface area contributed by atoms with E-state index in [1.165, 1.54) is 16.4 Å². The SMILES string of the molecule is CCNC(=NCCCN(C)S(=O)(=O)CC)NCCc1ccc(F)cc1.I. The van der Waals surface area contributed by atoms with E-state index < -0.39 is 10.0 Å². The number of sulfonamides is 1. The van der Waals surface area contributed by atoms with Gasteiger partial charge >= 0.3 is 0 Å². The zero-order valence-corrected chi connectivity index (χ0v) is 18.8. The molecule has 2 N–H and O–H groups in total. The van der Waals surface area contributed by atoms with Crippen LogP contribution in [0, 0.1) is 5.82 Å². The standard InChI is InChI=1S/C17H29FN4O2S.HI/c1-4-19-17(20-12-6-14-22(3)25(23,24)5-2)21-13-11-15-7-9-16(18)10-8-15;/h7-10H,4-6,11-14H2,1-3H3,(H2,19,20,21);1H. The molecular formula is C17H30FIN4O2S. The number of nitrogens with zero attached hydrogens (tertiary/aromatic N) is 2. The predicted octanol–water partition coefficient (Wildman–Crippen LogP) is 2.21. The summed E-state index contributed by atoms with van der Waals surface area (Å²) in [6.07, 6.45) is 1.42. The summed E-state index contributed by atoms with van der Waals surface area (Å²) in [7, 11) is -1.54. The van der Waals surface area contributed by atoms with Crippen molar-refractivity contribution in [3.8, 4) is 0 Å². The highest BCUT2D eigenvalue weighted by Gasteiger charge is 2.13. The number of hydrogen-bond donors (Lipinski definition) is 2. The molecule has 0 atom stereocenters. The Bertz CT molecular complexity index is 639. The molecule has 0 unspecified atom stereocenters. The Morgan fingerprint density at radius 1 is 1.19 bits per heavy atom. The molecule has 0 heterocycles. The monoisotopic (exact) mass is 500 g/mol. The minimum Gasteiger partial charge on any atom is -0.357 e. The Morgan fingerprint density at radius 3 is 2.42 bits per heavy atom. The van der Waals surface area contributed by atoms with E-state index in [4.69, 9.17) is 0 Å². The molecule has 6 nitrogen and oxygen atoms in total. The fourth-order valence-electron chi connectivity index (χ4n) is 2.16. The van der Waals surface area contributed by atoms with Crippen molar-refractivity contribution in [2.75, 3.05) is 39.0 Å². The van der Waals surface area contributed by atoms with E-state index in [-0.39, 0.29) is 35.5 Å². The lowest BCUT2D eigenvalue weighted by atomic mass is 10.1. The van der Waals surface area contributed by atoms with Gasteiger partial charge in [0.2, 0.25) is 10.0 Å². The maximum Gasteiger partial charge on any atom is 0.213 e.